The Morgan fingerprint density at radius 3 is 2.13 bits per heavy atom. The van der Waals surface area contributed by atoms with E-state index in [9.17, 15) is 0 Å². The molecule has 0 unspecified atom stereocenters. The molecule has 5 aromatic rings. The second-order valence-corrected chi connectivity index (χ2v) is 12.8. The van der Waals surface area contributed by atoms with Crippen molar-refractivity contribution in [1.82, 2.24) is 5.32 Å². The van der Waals surface area contributed by atoms with Gasteiger partial charge in [-0.05, 0) is 103 Å². The van der Waals surface area contributed by atoms with E-state index in [1.807, 2.05) is 103 Å². The highest BCUT2D eigenvalue weighted by Gasteiger charge is 2.16. The normalized spacial score (nSPS) is 12.0. The van der Waals surface area contributed by atoms with Crippen molar-refractivity contribution in [3.8, 4) is 11.1 Å². The number of nitrogen functional groups attached to an aromatic ring is 1. The minimum absolute atomic E-state index is 0.822. The summed E-state index contributed by atoms with van der Waals surface area (Å²) in [6, 6.07) is 31.1. The number of rotatable bonds is 14. The van der Waals surface area contributed by atoms with Gasteiger partial charge in [-0.25, -0.2) is 0 Å². The number of benzene rings is 4. The number of nitrogens with two attached hydrogens (primary N) is 2. The summed E-state index contributed by atoms with van der Waals surface area (Å²) in [4.78, 5) is 0. The number of allylic oxidation sites excluding steroid dienone is 15. The number of hydrogen-bond acceptors (Lipinski definition) is 4. The Balaban J connectivity index is 0.000000770. The zero-order valence-corrected chi connectivity index (χ0v) is 32.7. The van der Waals surface area contributed by atoms with Crippen LogP contribution in [0.3, 0.4) is 0 Å². The Morgan fingerprint density at radius 1 is 0.778 bits per heavy atom. The molecule has 0 aliphatic heterocycles. The predicted molar refractivity (Wildman–Crippen MR) is 245 cm³/mol. The van der Waals surface area contributed by atoms with Crippen molar-refractivity contribution in [1.29, 1.82) is 0 Å². The summed E-state index contributed by atoms with van der Waals surface area (Å²) in [6.07, 6.45) is 28.8. The number of fused-ring (bicyclic) bond motifs is 3. The summed E-state index contributed by atoms with van der Waals surface area (Å²) in [6.45, 7) is 20.6. The first-order valence-electron chi connectivity index (χ1n) is 17.9. The van der Waals surface area contributed by atoms with Gasteiger partial charge in [-0.15, -0.1) is 11.3 Å². The third-order valence-electron chi connectivity index (χ3n) is 8.09. The molecule has 1 aromatic heterocycles. The number of nitrogens with one attached hydrogen (secondary N) is 1. The number of para-hydroxylation sites is 1. The van der Waals surface area contributed by atoms with Crippen LogP contribution in [0.4, 0.5) is 5.69 Å². The van der Waals surface area contributed by atoms with Crippen LogP contribution in [0.2, 0.25) is 0 Å². The molecule has 0 fully saturated rings. The molecule has 0 amide bonds. The molecule has 3 nitrogen and oxygen atoms in total. The predicted octanol–water partition coefficient (Wildman–Crippen LogP) is 13.5. The van der Waals surface area contributed by atoms with Gasteiger partial charge in [-0.3, -0.25) is 0 Å². The van der Waals surface area contributed by atoms with Gasteiger partial charge in [0.15, 0.2) is 0 Å². The molecule has 1 heterocycles. The first kappa shape index (κ1) is 42.2. The van der Waals surface area contributed by atoms with Gasteiger partial charge in [0, 0.05) is 37.8 Å². The third-order valence-corrected chi connectivity index (χ3v) is 9.29. The van der Waals surface area contributed by atoms with Crippen molar-refractivity contribution < 1.29 is 0 Å². The fourth-order valence-electron chi connectivity index (χ4n) is 5.57. The summed E-state index contributed by atoms with van der Waals surface area (Å²) >= 11 is 1.85. The lowest BCUT2D eigenvalue weighted by molar-refractivity contribution is 1.11. The van der Waals surface area contributed by atoms with Crippen LogP contribution < -0.4 is 16.8 Å². The molecule has 0 saturated heterocycles. The van der Waals surface area contributed by atoms with E-state index in [4.69, 9.17) is 5.73 Å². The maximum absolute atomic E-state index is 5.36. The van der Waals surface area contributed by atoms with Crippen molar-refractivity contribution >= 4 is 48.8 Å². The van der Waals surface area contributed by atoms with Crippen LogP contribution in [-0.2, 0) is 0 Å². The Labute approximate surface area is 327 Å². The molecule has 54 heavy (non-hydrogen) atoms. The van der Waals surface area contributed by atoms with E-state index in [0.717, 1.165) is 34.5 Å². The van der Waals surface area contributed by atoms with Crippen molar-refractivity contribution in [3.05, 3.63) is 224 Å². The van der Waals surface area contributed by atoms with E-state index in [1.54, 1.807) is 6.08 Å². The molecular weight excluding hydrogens is 675 g/mol. The standard InChI is InChI=1S/C43H41NS.C6H7N.CH5N/c1-7-19-34(20-8-2)23-14-15-26-36(10-4)44-31-17-16-22-32(5)33(6)37-29-30-41-42(39(37)21-9-3)40-28-18-27-38(43(40)45-41)35-24-12-11-13-25-35;7-6-4-2-1-3-5-6;1-2/h7-22,24-31,44H,1,4-6,23H2,2-3H3;1-5H,7H2;2H2,1H3/b15-14?,20-8-,21-9-,22-16-,31-17-,34-19+,36-26+;;. The number of thiophene rings is 1. The third kappa shape index (κ3) is 12.2. The highest BCUT2D eigenvalue weighted by atomic mass is 32.1. The zero-order chi connectivity index (χ0) is 39.1. The van der Waals surface area contributed by atoms with Crippen LogP contribution in [0, 0.1) is 0 Å². The van der Waals surface area contributed by atoms with Crippen LogP contribution in [0.5, 0.6) is 0 Å². The van der Waals surface area contributed by atoms with E-state index < -0.39 is 0 Å². The van der Waals surface area contributed by atoms with Crippen LogP contribution in [0.15, 0.2) is 213 Å². The molecule has 0 saturated carbocycles. The molecule has 0 aliphatic rings. The maximum atomic E-state index is 5.36. The van der Waals surface area contributed by atoms with Gasteiger partial charge in [0.1, 0.15) is 0 Å². The molecule has 0 atom stereocenters. The van der Waals surface area contributed by atoms with Crippen molar-refractivity contribution in [2.45, 2.75) is 20.3 Å². The van der Waals surface area contributed by atoms with E-state index >= 15 is 0 Å². The van der Waals surface area contributed by atoms with Crippen LogP contribution in [-0.4, -0.2) is 7.05 Å². The molecule has 0 bridgehead atoms. The van der Waals surface area contributed by atoms with Crippen LogP contribution >= 0.6 is 11.3 Å². The van der Waals surface area contributed by atoms with Gasteiger partial charge in [-0.2, -0.15) is 0 Å². The highest BCUT2D eigenvalue weighted by Crippen LogP contribution is 2.43. The monoisotopic (exact) mass is 727 g/mol. The molecule has 4 heteroatoms. The Kier molecular flexibility index (Phi) is 18.3. The molecule has 0 aliphatic carbocycles. The van der Waals surface area contributed by atoms with Crippen molar-refractivity contribution in [2.75, 3.05) is 12.8 Å². The average Bonchev–Trinajstić information content (AvgIpc) is 3.59. The maximum Gasteiger partial charge on any atom is 0.0434 e. The summed E-state index contributed by atoms with van der Waals surface area (Å²) in [5.74, 6) is 0. The Hall–Kier alpha value is -6.20. The molecule has 0 radical (unpaired) electrons. The smallest absolute Gasteiger partial charge is 0.0434 e. The van der Waals surface area contributed by atoms with Gasteiger partial charge < -0.3 is 16.8 Å². The first-order chi connectivity index (χ1) is 26.4. The molecule has 274 valence electrons. The molecule has 5 N–H and O–H groups in total. The quantitative estimate of drug-likeness (QED) is 0.0788. The highest BCUT2D eigenvalue weighted by molar-refractivity contribution is 7.26. The summed E-state index contributed by atoms with van der Waals surface area (Å²) < 4.78 is 2.57. The summed E-state index contributed by atoms with van der Waals surface area (Å²) in [7, 11) is 1.50. The number of anilines is 1. The zero-order valence-electron chi connectivity index (χ0n) is 31.8. The van der Waals surface area contributed by atoms with Gasteiger partial charge in [0.2, 0.25) is 0 Å². The van der Waals surface area contributed by atoms with E-state index in [0.29, 0.717) is 0 Å². The van der Waals surface area contributed by atoms with Crippen LogP contribution in [0.25, 0.3) is 42.9 Å². The summed E-state index contributed by atoms with van der Waals surface area (Å²) in [5.41, 5.74) is 19.3. The molecule has 5 rings (SSSR count). The van der Waals surface area contributed by atoms with E-state index in [-0.39, 0.29) is 0 Å². The second kappa shape index (κ2) is 23.4. The molecule has 4 aromatic carbocycles. The van der Waals surface area contributed by atoms with Crippen molar-refractivity contribution in [2.24, 2.45) is 5.73 Å². The SMILES string of the molecule is C=C/C=C(\C=C/C)CC=C/C=C(\C=C)N/C=C\C=C/C(=C)C(=C)c1ccc2sc3c(-c4ccccc4)cccc3c2c1/C=C\C.CN.Nc1ccccc1. The summed E-state index contributed by atoms with van der Waals surface area (Å²) in [5, 5.41) is 5.80. The fraction of sp³-hybridized carbons (Fsp3) is 0.0800. The second-order valence-electron chi connectivity index (χ2n) is 11.8. The number of hydrogen-bond donors (Lipinski definition) is 3. The van der Waals surface area contributed by atoms with Gasteiger partial charge in [-0.1, -0.05) is 160 Å². The van der Waals surface area contributed by atoms with Gasteiger partial charge in [0.25, 0.3) is 0 Å². The molecular formula is C50H53N3S. The fourth-order valence-corrected chi connectivity index (χ4v) is 6.82. The average molecular weight is 728 g/mol. The van der Waals surface area contributed by atoms with E-state index in [2.05, 4.69) is 129 Å². The van der Waals surface area contributed by atoms with Crippen LogP contribution in [0.1, 0.15) is 31.4 Å². The Morgan fingerprint density at radius 2 is 1.50 bits per heavy atom. The van der Waals surface area contributed by atoms with Gasteiger partial charge in [0.05, 0.1) is 0 Å². The van der Waals surface area contributed by atoms with E-state index in [1.165, 1.54) is 49.5 Å². The Bertz CT molecular complexity index is 2220. The minimum Gasteiger partial charge on any atom is -0.399 e. The van der Waals surface area contributed by atoms with Gasteiger partial charge >= 0.3 is 0 Å². The lowest BCUT2D eigenvalue weighted by Gasteiger charge is -2.12. The topological polar surface area (TPSA) is 64.1 Å². The first-order valence-corrected chi connectivity index (χ1v) is 18.7. The minimum atomic E-state index is 0.822. The largest absolute Gasteiger partial charge is 0.399 e. The lowest BCUT2D eigenvalue weighted by Crippen LogP contribution is -2.00. The van der Waals surface area contributed by atoms with Crippen molar-refractivity contribution in [3.63, 3.8) is 0 Å². The molecule has 0 spiro atoms. The lowest BCUT2D eigenvalue weighted by atomic mass is 9.91.